The molecule has 4 aliphatic carbocycles. The second kappa shape index (κ2) is 8.42. The lowest BCUT2D eigenvalue weighted by Gasteiger charge is -2.57. The summed E-state index contributed by atoms with van der Waals surface area (Å²) in [4.78, 5) is 0. The zero-order valence-corrected chi connectivity index (χ0v) is 20.7. The van der Waals surface area contributed by atoms with Gasteiger partial charge in [0.05, 0.1) is 6.10 Å². The van der Waals surface area contributed by atoms with Crippen molar-refractivity contribution in [2.24, 2.45) is 46.3 Å². The first kappa shape index (κ1) is 22.6. The number of hydrogen-bond acceptors (Lipinski definition) is 1. The van der Waals surface area contributed by atoms with Gasteiger partial charge in [-0.25, -0.2) is 0 Å². The number of aliphatic hydroxyl groups is 1. The third-order valence-corrected chi connectivity index (χ3v) is 10.8. The summed E-state index contributed by atoms with van der Waals surface area (Å²) in [5, 5.41) is 10.3. The molecule has 0 bridgehead atoms. The van der Waals surface area contributed by atoms with Crippen LogP contribution in [0.4, 0.5) is 0 Å². The highest BCUT2D eigenvalue weighted by Crippen LogP contribution is 2.67. The molecule has 30 heavy (non-hydrogen) atoms. The van der Waals surface area contributed by atoms with Crippen molar-refractivity contribution >= 4 is 0 Å². The average Bonchev–Trinajstić information content (AvgIpc) is 3.06. The molecule has 4 rings (SSSR count). The first-order valence-electron chi connectivity index (χ1n) is 13.2. The number of fused-ring (bicyclic) bond motifs is 5. The lowest BCUT2D eigenvalue weighted by Crippen LogP contribution is -2.49. The number of aliphatic hydroxyl groups excluding tert-OH is 1. The highest BCUT2D eigenvalue weighted by molar-refractivity contribution is 5.27. The van der Waals surface area contributed by atoms with Gasteiger partial charge in [0.15, 0.2) is 0 Å². The van der Waals surface area contributed by atoms with Crippen molar-refractivity contribution in [2.75, 3.05) is 0 Å². The van der Waals surface area contributed by atoms with E-state index in [1.807, 2.05) is 5.57 Å². The van der Waals surface area contributed by atoms with Crippen LogP contribution in [0.25, 0.3) is 0 Å². The van der Waals surface area contributed by atoms with Crippen molar-refractivity contribution in [3.8, 4) is 0 Å². The molecule has 8 atom stereocenters. The van der Waals surface area contributed by atoms with Crippen molar-refractivity contribution in [3.05, 3.63) is 23.3 Å². The molecule has 0 aromatic carbocycles. The first-order chi connectivity index (χ1) is 14.2. The standard InChI is InChI=1S/C29H48O/c1-7-21(19(2)3)9-8-20(4)25-12-13-26-24-11-10-22-18-23(30)14-16-28(22,5)27(24)15-17-29(25,26)6/h7,11,19-20,22-23,25-27,30H,8-10,12-18H2,1-6H3/b21-7-/t20-,22+,23+,25?,26?,27?,28+,29-/m1/s1. The Balaban J connectivity index is 1.50. The van der Waals surface area contributed by atoms with Crippen LogP contribution in [0.3, 0.4) is 0 Å². The minimum absolute atomic E-state index is 0.0449. The molecular weight excluding hydrogens is 364 g/mol. The Kier molecular flexibility index (Phi) is 6.35. The zero-order chi connectivity index (χ0) is 21.7. The Morgan fingerprint density at radius 1 is 1.07 bits per heavy atom. The zero-order valence-electron chi connectivity index (χ0n) is 20.7. The Morgan fingerprint density at radius 2 is 1.77 bits per heavy atom. The normalized spacial score (nSPS) is 44.9. The van der Waals surface area contributed by atoms with Crippen molar-refractivity contribution in [1.29, 1.82) is 0 Å². The minimum Gasteiger partial charge on any atom is -0.393 e. The molecule has 1 heteroatoms. The van der Waals surface area contributed by atoms with Crippen LogP contribution in [0.2, 0.25) is 0 Å². The van der Waals surface area contributed by atoms with Crippen LogP contribution < -0.4 is 0 Å². The second-order valence-electron chi connectivity index (χ2n) is 12.4. The number of hydrogen-bond donors (Lipinski definition) is 1. The topological polar surface area (TPSA) is 20.2 Å². The quantitative estimate of drug-likeness (QED) is 0.454. The van der Waals surface area contributed by atoms with E-state index in [0.29, 0.717) is 22.7 Å². The van der Waals surface area contributed by atoms with Crippen molar-refractivity contribution in [2.45, 2.75) is 112 Å². The van der Waals surface area contributed by atoms with E-state index in [4.69, 9.17) is 0 Å². The molecule has 0 aromatic rings. The molecule has 1 nitrogen and oxygen atoms in total. The van der Waals surface area contributed by atoms with E-state index in [0.717, 1.165) is 36.5 Å². The van der Waals surface area contributed by atoms with E-state index in [-0.39, 0.29) is 6.10 Å². The average molecular weight is 413 g/mol. The van der Waals surface area contributed by atoms with Gasteiger partial charge in [-0.05, 0) is 117 Å². The van der Waals surface area contributed by atoms with Gasteiger partial charge < -0.3 is 5.11 Å². The van der Waals surface area contributed by atoms with Crippen LogP contribution in [0.1, 0.15) is 106 Å². The maximum absolute atomic E-state index is 10.3. The highest BCUT2D eigenvalue weighted by atomic mass is 16.3. The van der Waals surface area contributed by atoms with Crippen LogP contribution in [0.5, 0.6) is 0 Å². The van der Waals surface area contributed by atoms with Crippen molar-refractivity contribution in [3.63, 3.8) is 0 Å². The van der Waals surface area contributed by atoms with Crippen molar-refractivity contribution < 1.29 is 5.11 Å². The van der Waals surface area contributed by atoms with Gasteiger partial charge in [-0.3, -0.25) is 0 Å². The molecule has 4 aliphatic rings. The van der Waals surface area contributed by atoms with Gasteiger partial charge in [0, 0.05) is 0 Å². The maximum atomic E-state index is 10.3. The van der Waals surface area contributed by atoms with E-state index >= 15 is 0 Å². The molecule has 0 amide bonds. The van der Waals surface area contributed by atoms with E-state index in [9.17, 15) is 5.11 Å². The molecule has 0 heterocycles. The van der Waals surface area contributed by atoms with Gasteiger partial charge in [-0.1, -0.05) is 57.9 Å². The largest absolute Gasteiger partial charge is 0.393 e. The Morgan fingerprint density at radius 3 is 2.47 bits per heavy atom. The van der Waals surface area contributed by atoms with Gasteiger partial charge in [0.2, 0.25) is 0 Å². The summed E-state index contributed by atoms with van der Waals surface area (Å²) in [6.45, 7) is 14.7. The number of rotatable bonds is 5. The third kappa shape index (κ3) is 3.66. The molecule has 1 N–H and O–H groups in total. The summed E-state index contributed by atoms with van der Waals surface area (Å²) in [6, 6.07) is 0. The minimum atomic E-state index is -0.0449. The fourth-order valence-electron chi connectivity index (χ4n) is 8.83. The smallest absolute Gasteiger partial charge is 0.0543 e. The van der Waals surface area contributed by atoms with Gasteiger partial charge in [-0.15, -0.1) is 0 Å². The Bertz CT molecular complexity index is 686. The fraction of sp³-hybridized carbons (Fsp3) is 0.862. The van der Waals surface area contributed by atoms with E-state index in [1.54, 1.807) is 5.57 Å². The summed E-state index contributed by atoms with van der Waals surface area (Å²) >= 11 is 0. The SMILES string of the molecule is C/C=C(/CC[C@@H](C)C1CCC2C3=CC[C@H]4C[C@@H](O)CC[C@]4(C)C3CC[C@@]21C)C(C)C. The van der Waals surface area contributed by atoms with Gasteiger partial charge in [0.1, 0.15) is 0 Å². The Labute approximate surface area is 186 Å². The summed E-state index contributed by atoms with van der Waals surface area (Å²) in [6.07, 6.45) is 17.9. The summed E-state index contributed by atoms with van der Waals surface area (Å²) < 4.78 is 0. The van der Waals surface area contributed by atoms with Gasteiger partial charge >= 0.3 is 0 Å². The van der Waals surface area contributed by atoms with E-state index in [1.165, 1.54) is 51.4 Å². The van der Waals surface area contributed by atoms with Crippen LogP contribution in [-0.4, -0.2) is 11.2 Å². The molecule has 170 valence electrons. The predicted molar refractivity (Wildman–Crippen MR) is 128 cm³/mol. The first-order valence-corrected chi connectivity index (χ1v) is 13.2. The fourth-order valence-corrected chi connectivity index (χ4v) is 8.83. The molecule has 3 fully saturated rings. The molecular formula is C29H48O. The molecule has 0 aromatic heterocycles. The molecule has 3 unspecified atom stereocenters. The van der Waals surface area contributed by atoms with E-state index in [2.05, 4.69) is 53.7 Å². The maximum Gasteiger partial charge on any atom is 0.0543 e. The molecule has 0 radical (unpaired) electrons. The van der Waals surface area contributed by atoms with Crippen LogP contribution in [0, 0.1) is 46.3 Å². The van der Waals surface area contributed by atoms with E-state index < -0.39 is 0 Å². The highest BCUT2D eigenvalue weighted by Gasteiger charge is 2.58. The lowest BCUT2D eigenvalue weighted by molar-refractivity contribution is -0.0427. The Hall–Kier alpha value is -0.560. The summed E-state index contributed by atoms with van der Waals surface area (Å²) in [7, 11) is 0. The predicted octanol–water partition coefficient (Wildman–Crippen LogP) is 7.94. The van der Waals surface area contributed by atoms with Crippen LogP contribution in [0.15, 0.2) is 23.3 Å². The molecule has 0 spiro atoms. The van der Waals surface area contributed by atoms with Gasteiger partial charge in [0.25, 0.3) is 0 Å². The number of allylic oxidation sites excluding steroid dienone is 4. The molecule has 0 aliphatic heterocycles. The monoisotopic (exact) mass is 412 g/mol. The van der Waals surface area contributed by atoms with Crippen LogP contribution >= 0.6 is 0 Å². The van der Waals surface area contributed by atoms with Crippen LogP contribution in [-0.2, 0) is 0 Å². The van der Waals surface area contributed by atoms with Crippen molar-refractivity contribution in [1.82, 2.24) is 0 Å². The summed E-state index contributed by atoms with van der Waals surface area (Å²) in [5.74, 6) is 4.77. The molecule has 3 saturated carbocycles. The summed E-state index contributed by atoms with van der Waals surface area (Å²) in [5.41, 5.74) is 4.49. The third-order valence-electron chi connectivity index (χ3n) is 10.8. The second-order valence-corrected chi connectivity index (χ2v) is 12.4. The van der Waals surface area contributed by atoms with Gasteiger partial charge in [-0.2, -0.15) is 0 Å². The molecule has 0 saturated heterocycles. The lowest BCUT2D eigenvalue weighted by atomic mass is 9.47.